The molecule has 0 atom stereocenters. The van der Waals surface area contributed by atoms with Gasteiger partial charge in [-0.2, -0.15) is 0 Å². The molecule has 0 amide bonds. The number of benzene rings is 4. The third kappa shape index (κ3) is 8.57. The number of allylic oxidation sites excluding steroid dienone is 4. The molecule has 0 radical (unpaired) electrons. The molecule has 0 heterocycles. The predicted molar refractivity (Wildman–Crippen MR) is 257 cm³/mol. The fraction of sp³-hybridized carbons (Fsp3) is 0.408. The van der Waals surface area contributed by atoms with Crippen LogP contribution in [0.1, 0.15) is 142 Å². The van der Waals surface area contributed by atoms with E-state index in [-0.39, 0.29) is 25.3 Å². The van der Waals surface area contributed by atoms with E-state index in [0.29, 0.717) is 11.1 Å². The average Bonchev–Trinajstić information content (AvgIpc) is 3.73. The van der Waals surface area contributed by atoms with Gasteiger partial charge in [-0.15, -0.1) is 0 Å². The number of fused-ring (bicyclic) bond motifs is 3. The second-order valence-electron chi connectivity index (χ2n) is 20.4. The van der Waals surface area contributed by atoms with E-state index >= 15 is 0 Å². The summed E-state index contributed by atoms with van der Waals surface area (Å²) >= 11 is 33.8. The summed E-state index contributed by atoms with van der Waals surface area (Å²) < 4.78 is -3.37. The summed E-state index contributed by atoms with van der Waals surface area (Å²) in [4.78, 5) is 0. The van der Waals surface area contributed by atoms with Crippen LogP contribution in [0.5, 0.6) is 0 Å². The van der Waals surface area contributed by atoms with Crippen molar-refractivity contribution in [2.75, 3.05) is 0 Å². The Labute approximate surface area is 385 Å². The summed E-state index contributed by atoms with van der Waals surface area (Å²) in [7, 11) is 18.1. The molecule has 0 nitrogen and oxygen atoms in total. The van der Waals surface area contributed by atoms with Crippen LogP contribution in [0.15, 0.2) is 97.1 Å². The molecule has 6 rings (SSSR count). The van der Waals surface area contributed by atoms with E-state index in [4.69, 9.17) is 86.6 Å². The van der Waals surface area contributed by atoms with Crippen molar-refractivity contribution in [3.63, 3.8) is 0 Å². The molecule has 2 aliphatic rings. The molecule has 0 aliphatic heterocycles. The summed E-state index contributed by atoms with van der Waals surface area (Å²) in [6, 6.07) is 25.0. The fourth-order valence-corrected chi connectivity index (χ4v) is 29.1. The third-order valence-corrected chi connectivity index (χ3v) is 32.8. The molecule has 58 heavy (non-hydrogen) atoms. The molecular weight excluding hydrogens is 963 g/mol. The van der Waals surface area contributed by atoms with E-state index in [1.807, 2.05) is 36.4 Å². The van der Waals surface area contributed by atoms with Gasteiger partial charge in [0, 0.05) is 0 Å². The predicted octanol–water partition coefficient (Wildman–Crippen LogP) is 17.8. The molecule has 0 saturated heterocycles. The third-order valence-electron chi connectivity index (χ3n) is 11.8. The zero-order valence-electron chi connectivity index (χ0n) is 35.4. The first-order valence-electron chi connectivity index (χ1n) is 19.8. The van der Waals surface area contributed by atoms with Crippen LogP contribution in [-0.4, -0.2) is 3.21 Å². The Hall–Kier alpha value is -0.567. The topological polar surface area (TPSA) is 0 Å². The van der Waals surface area contributed by atoms with Gasteiger partial charge in [-0.1, -0.05) is 0 Å². The van der Waals surface area contributed by atoms with Crippen LogP contribution in [0.3, 0.4) is 0 Å². The summed E-state index contributed by atoms with van der Waals surface area (Å²) in [6.45, 7) is 27.5. The Kier molecular flexibility index (Phi) is 12.4. The van der Waals surface area contributed by atoms with E-state index in [9.17, 15) is 0 Å². The second kappa shape index (κ2) is 15.3. The van der Waals surface area contributed by atoms with E-state index in [0.717, 1.165) is 25.5 Å². The molecule has 0 unspecified atom stereocenters. The summed E-state index contributed by atoms with van der Waals surface area (Å²) in [6.07, 6.45) is 8.45. The molecule has 0 N–H and O–H groups in total. The molecule has 4 aromatic carbocycles. The fourth-order valence-electron chi connectivity index (χ4n) is 9.11. The van der Waals surface area contributed by atoms with Crippen LogP contribution in [0.4, 0.5) is 0 Å². The van der Waals surface area contributed by atoms with Crippen molar-refractivity contribution in [1.82, 2.24) is 0 Å². The number of halogens is 8. The normalized spacial score (nSPS) is 15.9. The monoisotopic (exact) mass is 1010 g/mol. The SMILES string of the molecule is CC(C)(C)c1cc2c(cc1C(C)(C)C)[CH]([Zr]([Cl])([Cl])(=[C](c1cccc(C(Cl)(Cl)Cl)c1)c1cccc(C(Cl)(Cl)Cl)c1)[CH]1C=CC=C1)c1cc(C(C)(C)C)c(C(C)(C)C)cc1-2. The van der Waals surface area contributed by atoms with Crippen molar-refractivity contribution in [2.24, 2.45) is 0 Å². The zero-order valence-corrected chi connectivity index (χ0v) is 43.9. The maximum atomic E-state index is 9.06. The Bertz CT molecular complexity index is 2270. The van der Waals surface area contributed by atoms with Crippen LogP contribution in [-0.2, 0) is 45.2 Å². The van der Waals surface area contributed by atoms with E-state index < -0.39 is 27.1 Å². The number of alkyl halides is 6. The van der Waals surface area contributed by atoms with Gasteiger partial charge in [-0.3, -0.25) is 0 Å². The van der Waals surface area contributed by atoms with Gasteiger partial charge in [0.2, 0.25) is 0 Å². The molecule has 310 valence electrons. The van der Waals surface area contributed by atoms with E-state index in [1.165, 1.54) is 33.4 Å². The average molecular weight is 1020 g/mol. The Morgan fingerprint density at radius 2 is 0.793 bits per heavy atom. The molecular formula is C49H54Cl8Zr. The van der Waals surface area contributed by atoms with E-state index in [2.05, 4.69) is 132 Å². The van der Waals surface area contributed by atoms with E-state index in [1.54, 1.807) is 12.1 Å². The van der Waals surface area contributed by atoms with Crippen molar-refractivity contribution >= 4 is 89.8 Å². The quantitative estimate of drug-likeness (QED) is 0.179. The second-order valence-corrected chi connectivity index (χ2v) is 45.7. The molecule has 0 saturated carbocycles. The Morgan fingerprint density at radius 1 is 0.466 bits per heavy atom. The molecule has 0 aromatic heterocycles. The zero-order chi connectivity index (χ0) is 43.4. The molecule has 4 aromatic rings. The first kappa shape index (κ1) is 46.9. The van der Waals surface area contributed by atoms with Gasteiger partial charge in [0.25, 0.3) is 0 Å². The van der Waals surface area contributed by atoms with Gasteiger partial charge in [-0.25, -0.2) is 0 Å². The number of rotatable bonds is 4. The number of hydrogen-bond donors (Lipinski definition) is 0. The Morgan fingerprint density at radius 3 is 1.10 bits per heavy atom. The van der Waals surface area contributed by atoms with Crippen LogP contribution in [0.25, 0.3) is 11.1 Å². The minimum absolute atomic E-state index is 0.141. The van der Waals surface area contributed by atoms with Gasteiger partial charge in [0.05, 0.1) is 0 Å². The van der Waals surface area contributed by atoms with Crippen molar-refractivity contribution in [3.05, 3.63) is 153 Å². The molecule has 0 spiro atoms. The minimum atomic E-state index is -5.98. The summed E-state index contributed by atoms with van der Waals surface area (Å²) in [5, 5.41) is 0. The van der Waals surface area contributed by atoms with Crippen LogP contribution in [0.2, 0.25) is 3.63 Å². The maximum absolute atomic E-state index is 9.06. The van der Waals surface area contributed by atoms with Gasteiger partial charge >= 0.3 is 389 Å². The molecule has 9 heteroatoms. The summed E-state index contributed by atoms with van der Waals surface area (Å²) in [5.74, 6) is 0. The van der Waals surface area contributed by atoms with Gasteiger partial charge in [0.1, 0.15) is 0 Å². The van der Waals surface area contributed by atoms with Crippen LogP contribution in [0, 0.1) is 0 Å². The van der Waals surface area contributed by atoms with Gasteiger partial charge < -0.3 is 0 Å². The molecule has 2 aliphatic carbocycles. The first-order valence-corrected chi connectivity index (χ1v) is 32.5. The Balaban J connectivity index is 1.96. The standard InChI is InChI=1S/C29H41.C15H8Cl6.C5H5.2ClH.Zr/c1-26(2,3)22-14-18-13-19-15-23(27(4,5)6)25(29(10,11)12)17-21(19)20(18)16-24(22)28(7,8)9;16-14(17,18)12-5-1-3-10(8-12)7-11-4-2-6-13(9-11)15(19,20)21;1-2-4-5-3-1;;;/h13-17H,1-12H3;1-6,8-9H;1-5H;2*1H;/q;;;;;+2/p-2. The van der Waals surface area contributed by atoms with Crippen molar-refractivity contribution < 1.29 is 15.9 Å². The van der Waals surface area contributed by atoms with Crippen LogP contribution < -0.4 is 0 Å². The van der Waals surface area contributed by atoms with Gasteiger partial charge in [-0.05, 0) is 0 Å². The number of hydrogen-bond acceptors (Lipinski definition) is 0. The van der Waals surface area contributed by atoms with Gasteiger partial charge in [0.15, 0.2) is 0 Å². The molecule has 0 bridgehead atoms. The van der Waals surface area contributed by atoms with Crippen LogP contribution >= 0.6 is 86.6 Å². The molecule has 0 fully saturated rings. The first-order chi connectivity index (χ1) is 26.2. The van der Waals surface area contributed by atoms with Crippen molar-refractivity contribution in [2.45, 2.75) is 120 Å². The van der Waals surface area contributed by atoms with Crippen molar-refractivity contribution in [1.29, 1.82) is 0 Å². The van der Waals surface area contributed by atoms with Crippen molar-refractivity contribution in [3.8, 4) is 11.1 Å². The summed E-state index contributed by atoms with van der Waals surface area (Å²) in [5.41, 5.74) is 11.6.